The highest BCUT2D eigenvalue weighted by molar-refractivity contribution is 7.91. The van der Waals surface area contributed by atoms with E-state index in [9.17, 15) is 22.0 Å². The molecule has 2 atom stereocenters. The molecule has 0 radical (unpaired) electrons. The number of benzene rings is 1. The Bertz CT molecular complexity index is 1010. The van der Waals surface area contributed by atoms with Gasteiger partial charge in [-0.3, -0.25) is 4.79 Å². The lowest BCUT2D eigenvalue weighted by molar-refractivity contribution is 0.102. The molecule has 0 aliphatic heterocycles. The zero-order chi connectivity index (χ0) is 21.3. The van der Waals surface area contributed by atoms with Gasteiger partial charge in [0.2, 0.25) is 10.0 Å². The van der Waals surface area contributed by atoms with Gasteiger partial charge in [0.1, 0.15) is 15.7 Å². The molecule has 0 bridgehead atoms. The summed E-state index contributed by atoms with van der Waals surface area (Å²) in [6.45, 7) is 9.16. The molecule has 9 heteroatoms. The monoisotopic (exact) mass is 428 g/mol. The number of rotatable bonds is 7. The summed E-state index contributed by atoms with van der Waals surface area (Å²) in [6, 6.07) is 4.33. The molecule has 1 aromatic carbocycles. The summed E-state index contributed by atoms with van der Waals surface area (Å²) in [7, 11) is -4.02. The second-order valence-electron chi connectivity index (χ2n) is 6.65. The van der Waals surface area contributed by atoms with Gasteiger partial charge in [-0.05, 0) is 57.5 Å². The summed E-state index contributed by atoms with van der Waals surface area (Å²) >= 11 is 0.906. The molecule has 5 nitrogen and oxygen atoms in total. The number of hydrogen-bond acceptors (Lipinski definition) is 4. The van der Waals surface area contributed by atoms with Crippen LogP contribution in [0.1, 0.15) is 34.6 Å². The molecule has 2 N–H and O–H groups in total. The number of carbonyl (C=O) groups is 1. The van der Waals surface area contributed by atoms with E-state index in [-0.39, 0.29) is 9.77 Å². The molecule has 0 fully saturated rings. The molecule has 1 amide bonds. The maximum Gasteiger partial charge on any atom is 0.256 e. The molecule has 0 aliphatic rings. The van der Waals surface area contributed by atoms with Crippen molar-refractivity contribution in [2.24, 2.45) is 0 Å². The number of halogens is 2. The van der Waals surface area contributed by atoms with Gasteiger partial charge in [-0.1, -0.05) is 12.7 Å². The third-order valence-corrected chi connectivity index (χ3v) is 7.46. The normalized spacial score (nSPS) is 14.9. The van der Waals surface area contributed by atoms with Crippen molar-refractivity contribution in [1.82, 2.24) is 4.72 Å². The van der Waals surface area contributed by atoms with Crippen LogP contribution in [0.15, 0.2) is 41.1 Å². The lowest BCUT2D eigenvalue weighted by atomic mass is 10.0. The average Bonchev–Trinajstić information content (AvgIpc) is 3.00. The van der Waals surface area contributed by atoms with Crippen LogP contribution in [0.5, 0.6) is 0 Å². The zero-order valence-corrected chi connectivity index (χ0v) is 17.6. The van der Waals surface area contributed by atoms with E-state index in [1.54, 1.807) is 13.8 Å². The molecule has 1 aromatic heterocycles. The number of carbonyl (C=O) groups excluding carboxylic acids is 1. The maximum absolute atomic E-state index is 14.2. The highest BCUT2D eigenvalue weighted by Crippen LogP contribution is 2.28. The second-order valence-corrected chi connectivity index (χ2v) is 9.85. The van der Waals surface area contributed by atoms with Crippen molar-refractivity contribution in [3.63, 3.8) is 0 Å². The average molecular weight is 429 g/mol. The highest BCUT2D eigenvalue weighted by Gasteiger charge is 2.32. The van der Waals surface area contributed by atoms with E-state index in [1.807, 2.05) is 0 Å². The van der Waals surface area contributed by atoms with Crippen LogP contribution in [0.25, 0.3) is 0 Å². The minimum absolute atomic E-state index is 0.0999. The standard InChI is InChI=1S/C19H22F2N2O3S2/c1-6-19(5,21)13(4)23-28(25,26)17-10-15(12(3)27-17)18(24)22-14-7-8-16(20)11(2)9-14/h6-10,13,23H,1H2,2-5H3,(H,22,24)/t13-,19?/m0/s1. The molecule has 2 rings (SSSR count). The number of nitrogens with one attached hydrogen (secondary N) is 2. The summed E-state index contributed by atoms with van der Waals surface area (Å²) in [4.78, 5) is 13.0. The molecule has 152 valence electrons. The predicted molar refractivity (Wildman–Crippen MR) is 108 cm³/mol. The first-order chi connectivity index (χ1) is 12.9. The summed E-state index contributed by atoms with van der Waals surface area (Å²) in [5.41, 5.74) is -0.991. The number of alkyl halides is 1. The van der Waals surface area contributed by atoms with E-state index in [0.29, 0.717) is 16.1 Å². The Balaban J connectivity index is 2.24. The molecule has 1 heterocycles. The van der Waals surface area contributed by atoms with Gasteiger partial charge >= 0.3 is 0 Å². The number of aryl methyl sites for hydroxylation is 2. The number of hydrogen-bond donors (Lipinski definition) is 2. The van der Waals surface area contributed by atoms with Crippen LogP contribution in [-0.2, 0) is 10.0 Å². The van der Waals surface area contributed by atoms with E-state index in [1.165, 1.54) is 38.1 Å². The molecule has 2 aromatic rings. The van der Waals surface area contributed by atoms with Crippen molar-refractivity contribution < 1.29 is 22.0 Å². The quantitative estimate of drug-likeness (QED) is 0.645. The lowest BCUT2D eigenvalue weighted by Crippen LogP contribution is -2.44. The van der Waals surface area contributed by atoms with Crippen LogP contribution in [0, 0.1) is 19.7 Å². The lowest BCUT2D eigenvalue weighted by Gasteiger charge is -2.24. The van der Waals surface area contributed by atoms with Gasteiger partial charge in [0, 0.05) is 10.6 Å². The molecule has 0 saturated heterocycles. The fourth-order valence-electron chi connectivity index (χ4n) is 2.32. The Hall–Kier alpha value is -2.10. The molecular weight excluding hydrogens is 406 g/mol. The van der Waals surface area contributed by atoms with Crippen molar-refractivity contribution in [2.45, 2.75) is 43.6 Å². The van der Waals surface area contributed by atoms with Gasteiger partial charge in [-0.25, -0.2) is 21.9 Å². The van der Waals surface area contributed by atoms with Crippen LogP contribution >= 0.6 is 11.3 Å². The van der Waals surface area contributed by atoms with Gasteiger partial charge in [-0.15, -0.1) is 11.3 Å². The summed E-state index contributed by atoms with van der Waals surface area (Å²) in [5, 5.41) is 2.62. The largest absolute Gasteiger partial charge is 0.322 e. The number of amides is 1. The summed E-state index contributed by atoms with van der Waals surface area (Å²) < 4.78 is 54.9. The van der Waals surface area contributed by atoms with E-state index >= 15 is 0 Å². The van der Waals surface area contributed by atoms with Crippen LogP contribution in [-0.4, -0.2) is 26.0 Å². The van der Waals surface area contributed by atoms with Crippen molar-refractivity contribution in [3.05, 3.63) is 58.7 Å². The van der Waals surface area contributed by atoms with Crippen LogP contribution in [0.4, 0.5) is 14.5 Å². The first-order valence-corrected chi connectivity index (χ1v) is 10.7. The Morgan fingerprint density at radius 2 is 1.96 bits per heavy atom. The third-order valence-electron chi connectivity index (χ3n) is 4.40. The fourth-order valence-corrected chi connectivity index (χ4v) is 5.10. The van der Waals surface area contributed by atoms with Gasteiger partial charge in [-0.2, -0.15) is 0 Å². The molecule has 1 unspecified atom stereocenters. The van der Waals surface area contributed by atoms with Crippen LogP contribution in [0.2, 0.25) is 0 Å². The minimum Gasteiger partial charge on any atom is -0.322 e. The first-order valence-electron chi connectivity index (χ1n) is 8.40. The van der Waals surface area contributed by atoms with Gasteiger partial charge in [0.25, 0.3) is 5.91 Å². The summed E-state index contributed by atoms with van der Waals surface area (Å²) in [5.74, 6) is -0.909. The first kappa shape index (κ1) is 22.2. The Morgan fingerprint density at radius 1 is 1.32 bits per heavy atom. The Morgan fingerprint density at radius 3 is 2.54 bits per heavy atom. The fraction of sp³-hybridized carbons (Fsp3) is 0.316. The van der Waals surface area contributed by atoms with E-state index in [0.717, 1.165) is 17.4 Å². The van der Waals surface area contributed by atoms with Crippen molar-refractivity contribution in [3.8, 4) is 0 Å². The predicted octanol–water partition coefficient (Wildman–Crippen LogP) is 4.34. The van der Waals surface area contributed by atoms with Crippen molar-refractivity contribution >= 4 is 33.0 Å². The number of sulfonamides is 1. The second kappa shape index (κ2) is 8.10. The molecule has 28 heavy (non-hydrogen) atoms. The smallest absolute Gasteiger partial charge is 0.256 e. The van der Waals surface area contributed by atoms with E-state index in [2.05, 4.69) is 16.6 Å². The van der Waals surface area contributed by atoms with Gasteiger partial charge in [0.15, 0.2) is 0 Å². The zero-order valence-electron chi connectivity index (χ0n) is 16.0. The number of thiophene rings is 1. The SMILES string of the molecule is C=CC(C)(F)[C@H](C)NS(=O)(=O)c1cc(C(=O)Nc2ccc(F)c(C)c2)c(C)s1. The maximum atomic E-state index is 14.2. The van der Waals surface area contributed by atoms with Crippen LogP contribution < -0.4 is 10.0 Å². The number of anilines is 1. The molecular formula is C19H22F2N2O3S2. The molecule has 0 spiro atoms. The Labute approximate surface area is 167 Å². The van der Waals surface area contributed by atoms with E-state index in [4.69, 9.17) is 0 Å². The topological polar surface area (TPSA) is 75.3 Å². The summed E-state index contributed by atoms with van der Waals surface area (Å²) in [6.07, 6.45) is 1.03. The van der Waals surface area contributed by atoms with E-state index < -0.39 is 33.5 Å². The van der Waals surface area contributed by atoms with Crippen molar-refractivity contribution in [1.29, 1.82) is 0 Å². The molecule has 0 aliphatic carbocycles. The highest BCUT2D eigenvalue weighted by atomic mass is 32.2. The van der Waals surface area contributed by atoms with Crippen LogP contribution in [0.3, 0.4) is 0 Å². The van der Waals surface area contributed by atoms with Crippen molar-refractivity contribution in [2.75, 3.05) is 5.32 Å². The third kappa shape index (κ3) is 4.84. The minimum atomic E-state index is -4.02. The Kier molecular flexibility index (Phi) is 6.42. The van der Waals surface area contributed by atoms with Gasteiger partial charge in [0.05, 0.1) is 11.6 Å². The van der Waals surface area contributed by atoms with Gasteiger partial charge < -0.3 is 5.32 Å². The molecule has 0 saturated carbocycles.